The van der Waals surface area contributed by atoms with E-state index < -0.39 is 0 Å². The van der Waals surface area contributed by atoms with Gasteiger partial charge in [-0.15, -0.1) is 0 Å². The summed E-state index contributed by atoms with van der Waals surface area (Å²) in [5, 5.41) is 3.62. The zero-order valence-corrected chi connectivity index (χ0v) is 12.8. The van der Waals surface area contributed by atoms with E-state index in [2.05, 4.69) is 76.6 Å². The molecule has 1 aromatic heterocycles. The standard InChI is InChI=1S/C19H12BrN/c20-17-10-4-7-14-11-12-18(21-19(14)17)16-9-3-6-13-5-1-2-8-15(13)16/h1-12H. The van der Waals surface area contributed by atoms with Gasteiger partial charge in [0.1, 0.15) is 0 Å². The molecule has 4 aromatic rings. The van der Waals surface area contributed by atoms with Crippen molar-refractivity contribution in [1.82, 2.24) is 4.98 Å². The summed E-state index contributed by atoms with van der Waals surface area (Å²) in [6, 6.07) is 25.1. The summed E-state index contributed by atoms with van der Waals surface area (Å²) in [7, 11) is 0. The molecule has 0 saturated carbocycles. The van der Waals surface area contributed by atoms with Crippen molar-refractivity contribution in [2.24, 2.45) is 0 Å². The van der Waals surface area contributed by atoms with Crippen molar-refractivity contribution < 1.29 is 0 Å². The molecule has 4 rings (SSSR count). The van der Waals surface area contributed by atoms with E-state index >= 15 is 0 Å². The van der Waals surface area contributed by atoms with Crippen LogP contribution in [0.2, 0.25) is 0 Å². The number of hydrogen-bond donors (Lipinski definition) is 0. The highest BCUT2D eigenvalue weighted by atomic mass is 79.9. The molecular formula is C19H12BrN. The molecule has 100 valence electrons. The molecule has 0 N–H and O–H groups in total. The van der Waals surface area contributed by atoms with Crippen molar-refractivity contribution in [3.05, 3.63) is 77.3 Å². The molecule has 0 unspecified atom stereocenters. The lowest BCUT2D eigenvalue weighted by Crippen LogP contribution is -1.87. The summed E-state index contributed by atoms with van der Waals surface area (Å²) in [6.45, 7) is 0. The largest absolute Gasteiger partial charge is 0.247 e. The molecule has 0 fully saturated rings. The molecule has 0 amide bonds. The monoisotopic (exact) mass is 333 g/mol. The van der Waals surface area contributed by atoms with Crippen LogP contribution >= 0.6 is 15.9 Å². The van der Waals surface area contributed by atoms with Crippen LogP contribution in [0, 0.1) is 0 Å². The Balaban J connectivity index is 2.02. The van der Waals surface area contributed by atoms with E-state index in [0.717, 1.165) is 21.1 Å². The van der Waals surface area contributed by atoms with Crippen LogP contribution in [0.5, 0.6) is 0 Å². The van der Waals surface area contributed by atoms with Gasteiger partial charge in [0.2, 0.25) is 0 Å². The van der Waals surface area contributed by atoms with Gasteiger partial charge in [0, 0.05) is 15.4 Å². The first-order valence-electron chi connectivity index (χ1n) is 6.86. The van der Waals surface area contributed by atoms with E-state index in [9.17, 15) is 0 Å². The van der Waals surface area contributed by atoms with Crippen molar-refractivity contribution >= 4 is 37.6 Å². The molecule has 3 aromatic carbocycles. The molecule has 0 radical (unpaired) electrons. The molecule has 21 heavy (non-hydrogen) atoms. The minimum absolute atomic E-state index is 1.00. The van der Waals surface area contributed by atoms with Crippen LogP contribution in [0.1, 0.15) is 0 Å². The summed E-state index contributed by atoms with van der Waals surface area (Å²) in [6.07, 6.45) is 0. The van der Waals surface area contributed by atoms with Crippen LogP contribution in [0.15, 0.2) is 77.3 Å². The molecule has 0 atom stereocenters. The molecule has 0 aliphatic rings. The van der Waals surface area contributed by atoms with Crippen molar-refractivity contribution in [1.29, 1.82) is 0 Å². The topological polar surface area (TPSA) is 12.9 Å². The Bertz CT molecular complexity index is 954. The fourth-order valence-electron chi connectivity index (χ4n) is 2.71. The predicted octanol–water partition coefficient (Wildman–Crippen LogP) is 5.82. The van der Waals surface area contributed by atoms with Crippen LogP contribution < -0.4 is 0 Å². The molecule has 0 aliphatic carbocycles. The second-order valence-electron chi connectivity index (χ2n) is 5.03. The zero-order chi connectivity index (χ0) is 14.2. The van der Waals surface area contributed by atoms with E-state index in [4.69, 9.17) is 4.98 Å². The maximum absolute atomic E-state index is 4.85. The number of hydrogen-bond acceptors (Lipinski definition) is 1. The van der Waals surface area contributed by atoms with Crippen LogP contribution in [-0.4, -0.2) is 4.98 Å². The maximum Gasteiger partial charge on any atom is 0.0851 e. The number of fused-ring (bicyclic) bond motifs is 2. The Morgan fingerprint density at radius 1 is 0.667 bits per heavy atom. The van der Waals surface area contributed by atoms with E-state index in [1.807, 2.05) is 12.1 Å². The molecule has 0 aliphatic heterocycles. The summed E-state index contributed by atoms with van der Waals surface area (Å²) >= 11 is 3.59. The normalized spacial score (nSPS) is 11.1. The smallest absolute Gasteiger partial charge is 0.0851 e. The van der Waals surface area contributed by atoms with Gasteiger partial charge >= 0.3 is 0 Å². The van der Waals surface area contributed by atoms with Gasteiger partial charge in [0.05, 0.1) is 11.2 Å². The Morgan fingerprint density at radius 3 is 2.38 bits per heavy atom. The highest BCUT2D eigenvalue weighted by Gasteiger charge is 2.07. The highest BCUT2D eigenvalue weighted by Crippen LogP contribution is 2.30. The van der Waals surface area contributed by atoms with E-state index in [-0.39, 0.29) is 0 Å². The Kier molecular flexibility index (Phi) is 2.97. The molecular weight excluding hydrogens is 322 g/mol. The highest BCUT2D eigenvalue weighted by molar-refractivity contribution is 9.10. The second-order valence-corrected chi connectivity index (χ2v) is 5.89. The number of para-hydroxylation sites is 1. The number of aromatic nitrogens is 1. The van der Waals surface area contributed by atoms with Gasteiger partial charge in [-0.05, 0) is 38.8 Å². The lowest BCUT2D eigenvalue weighted by atomic mass is 10.0. The third-order valence-electron chi connectivity index (χ3n) is 3.74. The van der Waals surface area contributed by atoms with Crippen LogP contribution in [0.3, 0.4) is 0 Å². The zero-order valence-electron chi connectivity index (χ0n) is 11.3. The van der Waals surface area contributed by atoms with Gasteiger partial charge < -0.3 is 0 Å². The first-order valence-corrected chi connectivity index (χ1v) is 7.66. The molecule has 0 spiro atoms. The predicted molar refractivity (Wildman–Crippen MR) is 92.4 cm³/mol. The molecule has 0 saturated heterocycles. The average molecular weight is 334 g/mol. The Labute approximate surface area is 131 Å². The van der Waals surface area contributed by atoms with Crippen LogP contribution in [0.25, 0.3) is 32.9 Å². The van der Waals surface area contributed by atoms with Crippen LogP contribution in [0.4, 0.5) is 0 Å². The van der Waals surface area contributed by atoms with E-state index in [1.165, 1.54) is 16.3 Å². The van der Waals surface area contributed by atoms with Gasteiger partial charge in [0.25, 0.3) is 0 Å². The summed E-state index contributed by atoms with van der Waals surface area (Å²) in [5.41, 5.74) is 3.18. The number of rotatable bonds is 1. The summed E-state index contributed by atoms with van der Waals surface area (Å²) in [5.74, 6) is 0. The van der Waals surface area contributed by atoms with Crippen molar-refractivity contribution in [2.45, 2.75) is 0 Å². The van der Waals surface area contributed by atoms with Crippen molar-refractivity contribution in [3.8, 4) is 11.3 Å². The average Bonchev–Trinajstić information content (AvgIpc) is 2.54. The van der Waals surface area contributed by atoms with E-state index in [0.29, 0.717) is 0 Å². The van der Waals surface area contributed by atoms with Gasteiger partial charge in [-0.25, -0.2) is 4.98 Å². The van der Waals surface area contributed by atoms with Gasteiger partial charge in [0.15, 0.2) is 0 Å². The third kappa shape index (κ3) is 2.12. The second kappa shape index (κ2) is 4.97. The van der Waals surface area contributed by atoms with Gasteiger partial charge in [-0.2, -0.15) is 0 Å². The molecule has 0 bridgehead atoms. The number of pyridine rings is 1. The van der Waals surface area contributed by atoms with Crippen molar-refractivity contribution in [3.63, 3.8) is 0 Å². The first-order chi connectivity index (χ1) is 10.3. The maximum atomic E-state index is 4.85. The first kappa shape index (κ1) is 12.5. The molecule has 1 heterocycles. The summed E-state index contributed by atoms with van der Waals surface area (Å²) < 4.78 is 1.03. The fourth-order valence-corrected chi connectivity index (χ4v) is 3.18. The lowest BCUT2D eigenvalue weighted by molar-refractivity contribution is 1.40. The van der Waals surface area contributed by atoms with E-state index in [1.54, 1.807) is 0 Å². The summed E-state index contributed by atoms with van der Waals surface area (Å²) in [4.78, 5) is 4.85. The fraction of sp³-hybridized carbons (Fsp3) is 0. The Morgan fingerprint density at radius 2 is 1.43 bits per heavy atom. The molecule has 1 nitrogen and oxygen atoms in total. The van der Waals surface area contributed by atoms with Crippen molar-refractivity contribution in [2.75, 3.05) is 0 Å². The molecule has 2 heteroatoms. The minimum Gasteiger partial charge on any atom is -0.247 e. The number of nitrogens with zero attached hydrogens (tertiary/aromatic N) is 1. The third-order valence-corrected chi connectivity index (χ3v) is 4.38. The van der Waals surface area contributed by atoms with Crippen LogP contribution in [-0.2, 0) is 0 Å². The minimum atomic E-state index is 1.00. The quantitative estimate of drug-likeness (QED) is 0.427. The lowest BCUT2D eigenvalue weighted by Gasteiger charge is -2.08. The SMILES string of the molecule is Brc1cccc2ccc(-c3cccc4ccccc34)nc12. The number of halogens is 1. The van der Waals surface area contributed by atoms with Gasteiger partial charge in [-0.3, -0.25) is 0 Å². The Hall–Kier alpha value is -2.19. The number of benzene rings is 3. The van der Waals surface area contributed by atoms with Gasteiger partial charge in [-0.1, -0.05) is 60.7 Å².